The zero-order chi connectivity index (χ0) is 17.2. The number of alkyl halides is 3. The summed E-state index contributed by atoms with van der Waals surface area (Å²) in [4.78, 5) is 0. The first kappa shape index (κ1) is 23.1. The summed E-state index contributed by atoms with van der Waals surface area (Å²) in [5, 5.41) is 0. The van der Waals surface area contributed by atoms with Crippen molar-refractivity contribution in [2.24, 2.45) is 0 Å². The fourth-order valence-corrected chi connectivity index (χ4v) is 3.49. The maximum atomic E-state index is 12.0. The van der Waals surface area contributed by atoms with Gasteiger partial charge in [0, 0.05) is 6.42 Å². The van der Waals surface area contributed by atoms with Crippen molar-refractivity contribution in [3.05, 3.63) is 0 Å². The Labute approximate surface area is 146 Å². The fraction of sp³-hybridized carbons (Fsp3) is 1.00. The van der Waals surface area contributed by atoms with Gasteiger partial charge in [0.05, 0.1) is 0 Å². The Hall–Kier alpha value is 0.140. The highest BCUT2D eigenvalue weighted by Gasteiger charge is 2.25. The van der Waals surface area contributed by atoms with Crippen LogP contribution in [-0.2, 0) is 0 Å². The van der Waals surface area contributed by atoms with Crippen molar-refractivity contribution in [1.29, 1.82) is 0 Å². The second-order valence-corrected chi connectivity index (χ2v) is 7.91. The van der Waals surface area contributed by atoms with Gasteiger partial charge in [0.15, 0.2) is 0 Å². The summed E-state index contributed by atoms with van der Waals surface area (Å²) < 4.78 is 35.9. The summed E-state index contributed by atoms with van der Waals surface area (Å²) in [7, 11) is 0. The maximum Gasteiger partial charge on any atom is 0.389 e. The lowest BCUT2D eigenvalue weighted by Crippen LogP contribution is -2.06. The Morgan fingerprint density at radius 1 is 0.565 bits per heavy atom. The van der Waals surface area contributed by atoms with Crippen LogP contribution >= 0.6 is 11.8 Å². The van der Waals surface area contributed by atoms with Crippen LogP contribution in [0.15, 0.2) is 0 Å². The number of unbranched alkanes of at least 4 members (excludes halogenated alkanes) is 13. The predicted molar refractivity (Wildman–Crippen MR) is 98.3 cm³/mol. The van der Waals surface area contributed by atoms with Gasteiger partial charge in [-0.2, -0.15) is 24.9 Å². The molecule has 0 unspecified atom stereocenters. The van der Waals surface area contributed by atoms with Crippen LogP contribution in [0.4, 0.5) is 13.2 Å². The van der Waals surface area contributed by atoms with Crippen molar-refractivity contribution < 1.29 is 13.2 Å². The van der Waals surface area contributed by atoms with Crippen LogP contribution in [0.3, 0.4) is 0 Å². The summed E-state index contributed by atoms with van der Waals surface area (Å²) in [6, 6.07) is 0. The molecule has 0 nitrogen and oxygen atoms in total. The first-order valence-electron chi connectivity index (χ1n) is 9.70. The van der Waals surface area contributed by atoms with Crippen LogP contribution in [-0.4, -0.2) is 17.7 Å². The molecular formula is C19H37F3S. The molecule has 140 valence electrons. The lowest BCUT2D eigenvalue weighted by atomic mass is 10.0. The second-order valence-electron chi connectivity index (χ2n) is 6.51. The molecule has 0 N–H and O–H groups in total. The Morgan fingerprint density at radius 2 is 0.913 bits per heavy atom. The van der Waals surface area contributed by atoms with Gasteiger partial charge in [-0.25, -0.2) is 0 Å². The third-order valence-electron chi connectivity index (χ3n) is 4.20. The lowest BCUT2D eigenvalue weighted by molar-refractivity contribution is -0.135. The molecule has 0 bridgehead atoms. The molecule has 0 rings (SSSR count). The molecule has 4 heteroatoms. The van der Waals surface area contributed by atoms with Crippen molar-refractivity contribution in [1.82, 2.24) is 0 Å². The van der Waals surface area contributed by atoms with E-state index in [9.17, 15) is 13.2 Å². The van der Waals surface area contributed by atoms with Crippen LogP contribution in [0.1, 0.15) is 103 Å². The molecule has 0 saturated heterocycles. The molecule has 0 saturated carbocycles. The summed E-state index contributed by atoms with van der Waals surface area (Å²) in [5.41, 5.74) is 0. The van der Waals surface area contributed by atoms with Gasteiger partial charge in [0.2, 0.25) is 0 Å². The maximum absolute atomic E-state index is 12.0. The Kier molecular flexibility index (Phi) is 17.1. The highest BCUT2D eigenvalue weighted by atomic mass is 32.2. The van der Waals surface area contributed by atoms with E-state index in [2.05, 4.69) is 6.92 Å². The van der Waals surface area contributed by atoms with Gasteiger partial charge in [0.25, 0.3) is 0 Å². The Morgan fingerprint density at radius 3 is 1.26 bits per heavy atom. The van der Waals surface area contributed by atoms with Crippen LogP contribution < -0.4 is 0 Å². The minimum absolute atomic E-state index is 0.306. The standard InChI is InChI=1S/C19H37F3S/c1-2-23-18-16-14-12-10-8-6-4-3-5-7-9-11-13-15-17-19(20,21)22/h2-18H2,1H3. The van der Waals surface area contributed by atoms with Crippen molar-refractivity contribution in [2.75, 3.05) is 11.5 Å². The van der Waals surface area contributed by atoms with E-state index in [0.29, 0.717) is 6.42 Å². The normalized spacial score (nSPS) is 12.0. The minimum Gasteiger partial charge on any atom is -0.171 e. The molecule has 0 fully saturated rings. The summed E-state index contributed by atoms with van der Waals surface area (Å²) in [6.07, 6.45) is 11.9. The average Bonchev–Trinajstić information content (AvgIpc) is 2.49. The molecule has 0 heterocycles. The van der Waals surface area contributed by atoms with Crippen LogP contribution in [0.2, 0.25) is 0 Å². The van der Waals surface area contributed by atoms with E-state index in [1.807, 2.05) is 11.8 Å². The van der Waals surface area contributed by atoms with Crippen molar-refractivity contribution in [3.8, 4) is 0 Å². The fourth-order valence-electron chi connectivity index (χ4n) is 2.80. The monoisotopic (exact) mass is 354 g/mol. The first-order chi connectivity index (χ1) is 11.1. The van der Waals surface area contributed by atoms with E-state index in [1.54, 1.807) is 0 Å². The molecule has 0 aliphatic carbocycles. The van der Waals surface area contributed by atoms with Crippen molar-refractivity contribution in [3.63, 3.8) is 0 Å². The average molecular weight is 355 g/mol. The van der Waals surface area contributed by atoms with Crippen LogP contribution in [0, 0.1) is 0 Å². The SMILES string of the molecule is CCSCCCCCCCCCCCCCCCCC(F)(F)F. The van der Waals surface area contributed by atoms with E-state index >= 15 is 0 Å². The number of rotatable bonds is 17. The quantitative estimate of drug-likeness (QED) is 0.237. The van der Waals surface area contributed by atoms with E-state index in [-0.39, 0.29) is 0 Å². The van der Waals surface area contributed by atoms with Crippen molar-refractivity contribution >= 4 is 11.8 Å². The number of hydrogen-bond acceptors (Lipinski definition) is 1. The van der Waals surface area contributed by atoms with Gasteiger partial charge in [-0.1, -0.05) is 84.0 Å². The smallest absolute Gasteiger partial charge is 0.171 e. The van der Waals surface area contributed by atoms with E-state index in [0.717, 1.165) is 19.3 Å². The third kappa shape index (κ3) is 22.1. The van der Waals surface area contributed by atoms with Crippen molar-refractivity contribution in [2.45, 2.75) is 109 Å². The molecule has 0 spiro atoms. The highest BCUT2D eigenvalue weighted by molar-refractivity contribution is 7.99. The van der Waals surface area contributed by atoms with E-state index in [1.165, 1.54) is 75.7 Å². The number of halogens is 3. The highest BCUT2D eigenvalue weighted by Crippen LogP contribution is 2.23. The van der Waals surface area contributed by atoms with Gasteiger partial charge < -0.3 is 0 Å². The molecule has 0 amide bonds. The van der Waals surface area contributed by atoms with Crippen LogP contribution in [0.25, 0.3) is 0 Å². The van der Waals surface area contributed by atoms with Gasteiger partial charge in [-0.15, -0.1) is 0 Å². The molecule has 0 aliphatic heterocycles. The van der Waals surface area contributed by atoms with Gasteiger partial charge in [-0.3, -0.25) is 0 Å². The van der Waals surface area contributed by atoms with Gasteiger partial charge >= 0.3 is 6.18 Å². The summed E-state index contributed by atoms with van der Waals surface area (Å²) in [6.45, 7) is 2.22. The third-order valence-corrected chi connectivity index (χ3v) is 5.19. The molecular weight excluding hydrogens is 317 g/mol. The van der Waals surface area contributed by atoms with Crippen LogP contribution in [0.5, 0.6) is 0 Å². The molecule has 0 aromatic heterocycles. The largest absolute Gasteiger partial charge is 0.389 e. The Balaban J connectivity index is 3.00. The zero-order valence-electron chi connectivity index (χ0n) is 15.1. The molecule has 0 aromatic rings. The van der Waals surface area contributed by atoms with Gasteiger partial charge in [-0.05, 0) is 24.3 Å². The predicted octanol–water partition coefficient (Wildman–Crippen LogP) is 8.15. The van der Waals surface area contributed by atoms with Gasteiger partial charge in [0.1, 0.15) is 0 Å². The molecule has 23 heavy (non-hydrogen) atoms. The number of thioether (sulfide) groups is 1. The molecule has 0 atom stereocenters. The summed E-state index contributed by atoms with van der Waals surface area (Å²) in [5.74, 6) is 2.57. The zero-order valence-corrected chi connectivity index (χ0v) is 15.9. The molecule has 0 aromatic carbocycles. The molecule has 0 aliphatic rings. The second kappa shape index (κ2) is 17.0. The number of hydrogen-bond donors (Lipinski definition) is 0. The topological polar surface area (TPSA) is 0 Å². The van der Waals surface area contributed by atoms with E-state index < -0.39 is 12.6 Å². The first-order valence-corrected chi connectivity index (χ1v) is 10.9. The summed E-state index contributed by atoms with van der Waals surface area (Å²) >= 11 is 2.04. The Bertz CT molecular complexity index is 229. The molecule has 0 radical (unpaired) electrons. The minimum atomic E-state index is -3.96. The lowest BCUT2D eigenvalue weighted by Gasteiger charge is -2.05. The van der Waals surface area contributed by atoms with E-state index in [4.69, 9.17) is 0 Å².